The molecule has 3 spiro atoms. The van der Waals surface area contributed by atoms with Crippen molar-refractivity contribution >= 4 is 44.1 Å². The van der Waals surface area contributed by atoms with Crippen LogP contribution in [0.2, 0.25) is 0 Å². The Hall–Kier alpha value is -2.14. The van der Waals surface area contributed by atoms with Crippen molar-refractivity contribution in [3.8, 4) is 11.5 Å². The molecule has 0 aromatic heterocycles. The zero-order chi connectivity index (χ0) is 40.3. The molecule has 2 aromatic rings. The maximum absolute atomic E-state index is 12.5. The van der Waals surface area contributed by atoms with Gasteiger partial charge in [-0.1, -0.05) is 40.5 Å². The molecule has 6 fully saturated rings. The Morgan fingerprint density at radius 1 is 0.982 bits per heavy atom. The number of carbonyl (C=O) groups excluding carboxylic acids is 1. The molecule has 57 heavy (non-hydrogen) atoms. The minimum Gasteiger partial charge on any atom is -0.506 e. The third kappa shape index (κ3) is 7.30. The quantitative estimate of drug-likeness (QED) is 0.136. The van der Waals surface area contributed by atoms with Crippen molar-refractivity contribution in [2.24, 2.45) is 34.0 Å². The molecule has 0 radical (unpaired) electrons. The van der Waals surface area contributed by atoms with Gasteiger partial charge in [-0.25, -0.2) is 4.79 Å². The summed E-state index contributed by atoms with van der Waals surface area (Å²) in [6.45, 7) is 3.75. The van der Waals surface area contributed by atoms with Crippen molar-refractivity contribution in [2.45, 2.75) is 121 Å². The van der Waals surface area contributed by atoms with Crippen LogP contribution >= 0.6 is 21.6 Å². The van der Waals surface area contributed by atoms with Crippen LogP contribution in [0.15, 0.2) is 18.2 Å². The Kier molecular flexibility index (Phi) is 11.7. The number of ether oxygens (including phenoxy) is 4. The molecule has 2 aromatic carbocycles. The number of aromatic hydroxyl groups is 1. The number of fused-ring (bicyclic) bond motifs is 1. The molecule has 10 atom stereocenters. The second-order valence-electron chi connectivity index (χ2n) is 18.4. The van der Waals surface area contributed by atoms with Gasteiger partial charge in [-0.15, -0.1) is 0 Å². The highest BCUT2D eigenvalue weighted by molar-refractivity contribution is 8.76. The van der Waals surface area contributed by atoms with Gasteiger partial charge in [0.15, 0.2) is 5.78 Å². The van der Waals surface area contributed by atoms with E-state index in [-0.39, 0.29) is 57.5 Å². The number of phenols is 1. The Bertz CT molecular complexity index is 1840. The van der Waals surface area contributed by atoms with Crippen LogP contribution in [0.3, 0.4) is 0 Å². The predicted octanol–water partition coefficient (Wildman–Crippen LogP) is 6.23. The van der Waals surface area contributed by atoms with Gasteiger partial charge in [0.25, 0.3) is 0 Å². The van der Waals surface area contributed by atoms with Crippen molar-refractivity contribution < 1.29 is 59.2 Å². The summed E-state index contributed by atoms with van der Waals surface area (Å²) in [5.41, 5.74) is -0.781. The molecule has 6 N–H and O–H groups in total. The van der Waals surface area contributed by atoms with Crippen LogP contribution in [0.25, 0.3) is 10.8 Å². The first-order valence-corrected chi connectivity index (χ1v) is 23.2. The number of aliphatic hydroxyl groups excluding tert-OH is 4. The zero-order valence-electron chi connectivity index (χ0n) is 33.0. The van der Waals surface area contributed by atoms with Crippen LogP contribution in [0.1, 0.15) is 110 Å². The van der Waals surface area contributed by atoms with Gasteiger partial charge in [-0.3, -0.25) is 4.79 Å². The van der Waals surface area contributed by atoms with Crippen molar-refractivity contribution in [1.29, 1.82) is 0 Å². The summed E-state index contributed by atoms with van der Waals surface area (Å²) in [6, 6.07) is 4.13. The lowest BCUT2D eigenvalue weighted by Crippen LogP contribution is -2.69. The van der Waals surface area contributed by atoms with E-state index < -0.39 is 54.3 Å². The number of carboxylic acids is 1. The van der Waals surface area contributed by atoms with Crippen molar-refractivity contribution in [1.82, 2.24) is 0 Å². The number of aliphatic hydroxyl groups is 4. The monoisotopic (exact) mass is 830 g/mol. The molecule has 3 heterocycles. The van der Waals surface area contributed by atoms with Crippen LogP contribution in [0.4, 0.5) is 0 Å². The van der Waals surface area contributed by atoms with Crippen molar-refractivity contribution in [3.63, 3.8) is 0 Å². The largest absolute Gasteiger partial charge is 0.506 e. The van der Waals surface area contributed by atoms with Gasteiger partial charge >= 0.3 is 5.97 Å². The average molecular weight is 831 g/mol. The molecule has 3 saturated carbocycles. The fraction of sp³-hybridized carbons (Fsp3) is 0.721. The topological polar surface area (TPSA) is 192 Å². The van der Waals surface area contributed by atoms with Gasteiger partial charge in [-0.05, 0) is 130 Å². The van der Waals surface area contributed by atoms with Crippen LogP contribution in [0.5, 0.6) is 11.5 Å². The summed E-state index contributed by atoms with van der Waals surface area (Å²) in [4.78, 5) is 24.7. The van der Waals surface area contributed by atoms with Gasteiger partial charge in [0.1, 0.15) is 41.4 Å². The number of hydrogen-bond acceptors (Lipinski definition) is 13. The van der Waals surface area contributed by atoms with Crippen LogP contribution in [-0.4, -0.2) is 111 Å². The van der Waals surface area contributed by atoms with E-state index in [0.29, 0.717) is 54.8 Å². The highest BCUT2D eigenvalue weighted by Gasteiger charge is 2.62. The van der Waals surface area contributed by atoms with E-state index in [1.165, 1.54) is 74.8 Å². The van der Waals surface area contributed by atoms with Crippen molar-refractivity contribution in [3.05, 3.63) is 34.9 Å². The zero-order valence-corrected chi connectivity index (χ0v) is 34.6. The van der Waals surface area contributed by atoms with Crippen LogP contribution < -0.4 is 4.74 Å². The number of benzene rings is 2. The summed E-state index contributed by atoms with van der Waals surface area (Å²) in [5.74, 6) is -0.461. The lowest BCUT2D eigenvalue weighted by Gasteiger charge is -2.58. The number of aryl methyl sites for hydroxylation is 1. The van der Waals surface area contributed by atoms with Crippen LogP contribution in [-0.2, 0) is 14.2 Å². The normalized spacial score (nSPS) is 38.0. The molecule has 0 unspecified atom stereocenters. The first-order valence-electron chi connectivity index (χ1n) is 20.7. The first-order chi connectivity index (χ1) is 27.3. The minimum atomic E-state index is -1.71. The summed E-state index contributed by atoms with van der Waals surface area (Å²) < 4.78 is 25.6. The van der Waals surface area contributed by atoms with Gasteiger partial charge in [-0.2, -0.15) is 0 Å². The Balaban J connectivity index is 1.12. The summed E-state index contributed by atoms with van der Waals surface area (Å²) in [6.07, 6.45) is 6.64. The number of rotatable bonds is 7. The maximum atomic E-state index is 12.5. The highest BCUT2D eigenvalue weighted by atomic mass is 33.1. The molecule has 3 aliphatic carbocycles. The third-order valence-corrected chi connectivity index (χ3v) is 17.3. The average Bonchev–Trinajstić information content (AvgIpc) is 3.77. The fourth-order valence-corrected chi connectivity index (χ4v) is 15.2. The first kappa shape index (κ1) is 41.6. The molecular weight excluding hydrogens is 773 g/mol. The number of carboxylic acid groups (broad SMARTS) is 1. The number of hydrogen-bond donors (Lipinski definition) is 6. The van der Waals surface area contributed by atoms with Crippen LogP contribution in [0, 0.1) is 40.9 Å². The third-order valence-electron chi connectivity index (χ3n) is 15.1. The molecule has 3 saturated heterocycles. The number of ketones is 1. The summed E-state index contributed by atoms with van der Waals surface area (Å²) in [7, 11) is 3.15. The Morgan fingerprint density at radius 2 is 1.74 bits per heavy atom. The fourth-order valence-electron chi connectivity index (χ4n) is 12.8. The lowest BCUT2D eigenvalue weighted by molar-refractivity contribution is -0.323. The number of aromatic carboxylic acids is 1. The van der Waals surface area contributed by atoms with Crippen molar-refractivity contribution in [2.75, 3.05) is 38.1 Å². The van der Waals surface area contributed by atoms with E-state index in [4.69, 9.17) is 18.9 Å². The predicted molar refractivity (Wildman–Crippen MR) is 216 cm³/mol. The second-order valence-corrected chi connectivity index (χ2v) is 20.8. The molecule has 0 amide bonds. The molecule has 8 rings (SSSR count). The Labute approximate surface area is 341 Å². The smallest absolute Gasteiger partial charge is 0.335 e. The summed E-state index contributed by atoms with van der Waals surface area (Å²) in [5, 5.41) is 67.2. The van der Waals surface area contributed by atoms with E-state index in [0.717, 1.165) is 18.6 Å². The molecule has 314 valence electrons. The molecule has 12 nitrogen and oxygen atoms in total. The van der Waals surface area contributed by atoms with E-state index in [1.54, 1.807) is 23.8 Å². The number of phenolic OH excluding ortho intramolecular Hbond substituents is 1. The van der Waals surface area contributed by atoms with Gasteiger partial charge < -0.3 is 49.6 Å². The molecule has 14 heteroatoms. The molecule has 0 bridgehead atoms. The second kappa shape index (κ2) is 16.0. The number of Topliss-reactive ketones (excluding diaryl/α,β-unsaturated/α-hetero) is 1. The highest BCUT2D eigenvalue weighted by Crippen LogP contribution is 2.67. The van der Waals surface area contributed by atoms with E-state index in [2.05, 4.69) is 0 Å². The number of carbonyl (C=O) groups is 2. The lowest BCUT2D eigenvalue weighted by atomic mass is 9.51. The van der Waals surface area contributed by atoms with Gasteiger partial charge in [0.05, 0.1) is 29.7 Å². The maximum Gasteiger partial charge on any atom is 0.335 e. The Morgan fingerprint density at radius 3 is 2.46 bits per heavy atom. The van der Waals surface area contributed by atoms with Gasteiger partial charge in [0.2, 0.25) is 6.29 Å². The minimum absolute atomic E-state index is 0.0456. The molecular formula is C43H58O12S2. The van der Waals surface area contributed by atoms with E-state index in [1.807, 2.05) is 0 Å². The van der Waals surface area contributed by atoms with Gasteiger partial charge in [0, 0.05) is 24.4 Å². The SMILES string of the molecule is CC(=O)c1c(C)cc2cc(C(=O)O)cc(O[C@H]3O[C@H](CO)[C@@]4(CC[C@H]5C[C@@]6(CCC7(CCCC7)C6)C[C@@H]6COC[C@@](CCO)(CSSCO4)[C@@H]56)[C@H](O)[C@H]3O)c2c1O. The molecule has 3 aliphatic heterocycles. The summed E-state index contributed by atoms with van der Waals surface area (Å²) >= 11 is 0. The van der Waals surface area contributed by atoms with E-state index in [9.17, 15) is 40.2 Å². The molecule has 6 aliphatic rings. The van der Waals surface area contributed by atoms with E-state index >= 15 is 0 Å². The standard InChI is InChI=1S/C43H58O12S2/c1-24-13-27-14-28(38(50)51)15-30(33(27)35(47)32(24)25(2)46)54-39-36(48)37(49)43(31(18-45)55-39)8-5-26-16-41(10-9-40(20-41)6-3-4-7-40)17-29-19-52-21-42(11-12-44,34(26)29)22-56-57-23-53-43/h13-15,26,29,31,34,36-37,39,44-45,47-49H,3-12,16-23H2,1-2H3,(H,50,51)/t26-,29+,31+,34-,36+,37+,39-,41-,42-,43-/m0/s1.